The molecule has 5 N–H and O–H groups in total. The molecule has 212 valence electrons. The van der Waals surface area contributed by atoms with Crippen LogP contribution in [0.5, 0.6) is 11.6 Å². The Kier molecular flexibility index (Phi) is 7.38. The van der Waals surface area contributed by atoms with E-state index in [1.54, 1.807) is 31.2 Å². The van der Waals surface area contributed by atoms with Crippen molar-refractivity contribution in [2.24, 2.45) is 0 Å². The number of imidazole rings is 1. The van der Waals surface area contributed by atoms with E-state index >= 15 is 0 Å². The average molecular weight is 573 g/mol. The number of nitrogens with two attached hydrogens (primary N) is 1. The summed E-state index contributed by atoms with van der Waals surface area (Å²) in [5.41, 5.74) is 5.02. The van der Waals surface area contributed by atoms with Crippen LogP contribution in [0.4, 0.5) is 5.95 Å². The first-order valence-electron chi connectivity index (χ1n) is 12.3. The summed E-state index contributed by atoms with van der Waals surface area (Å²) < 4.78 is 38.2. The van der Waals surface area contributed by atoms with Gasteiger partial charge in [-0.05, 0) is 25.3 Å². The minimum atomic E-state index is -4.25. The molecule has 14 nitrogen and oxygen atoms in total. The van der Waals surface area contributed by atoms with Gasteiger partial charge in [0.1, 0.15) is 17.4 Å². The molecule has 5 rings (SSSR count). The molecule has 1 aliphatic rings. The maximum absolute atomic E-state index is 13.9. The largest absolute Gasteiger partial charge is 0.480 e. The highest BCUT2D eigenvalue weighted by molar-refractivity contribution is 7.52. The zero-order valence-corrected chi connectivity index (χ0v) is 22.8. The lowest BCUT2D eigenvalue weighted by Gasteiger charge is -2.25. The molecule has 1 fully saturated rings. The molecule has 0 saturated carbocycles. The van der Waals surface area contributed by atoms with Crippen LogP contribution in [0.3, 0.4) is 0 Å². The number of benzene rings is 2. The summed E-state index contributed by atoms with van der Waals surface area (Å²) in [6.07, 6.45) is -0.217. The first-order chi connectivity index (χ1) is 19.0. The maximum Gasteiger partial charge on any atom is 0.459 e. The molecular weight excluding hydrogens is 543 g/mol. The number of aliphatic carboxylic acids is 1. The van der Waals surface area contributed by atoms with Crippen LogP contribution in [0.15, 0.2) is 48.8 Å². The Morgan fingerprint density at radius 3 is 2.80 bits per heavy atom. The van der Waals surface area contributed by atoms with E-state index in [2.05, 4.69) is 20.0 Å². The number of carboxylic acid groups (broad SMARTS) is 1. The Balaban J connectivity index is 1.38. The van der Waals surface area contributed by atoms with Crippen molar-refractivity contribution < 1.29 is 38.1 Å². The number of rotatable bonds is 10. The molecule has 0 spiro atoms. The van der Waals surface area contributed by atoms with E-state index < -0.39 is 37.7 Å². The number of hydrogen-bond acceptors (Lipinski definition) is 11. The number of nitrogen functional groups attached to an aromatic ring is 1. The van der Waals surface area contributed by atoms with Gasteiger partial charge in [-0.3, -0.25) is 13.9 Å². The molecule has 0 amide bonds. The monoisotopic (exact) mass is 572 g/mol. The molecule has 0 aliphatic carbocycles. The normalized spacial score (nSPS) is 23.2. The number of ether oxygens (including phenoxy) is 2. The number of nitrogens with one attached hydrogen (secondary N) is 1. The Morgan fingerprint density at radius 1 is 1.30 bits per heavy atom. The molecule has 3 unspecified atom stereocenters. The fourth-order valence-corrected chi connectivity index (χ4v) is 6.14. The van der Waals surface area contributed by atoms with Crippen LogP contribution in [-0.2, 0) is 18.6 Å². The topological polar surface area (TPSA) is 193 Å². The zero-order chi connectivity index (χ0) is 28.7. The van der Waals surface area contributed by atoms with Crippen molar-refractivity contribution in [3.05, 3.63) is 48.8 Å². The Labute approximate surface area is 228 Å². The van der Waals surface area contributed by atoms with E-state index in [0.29, 0.717) is 10.9 Å². The Morgan fingerprint density at radius 2 is 2.05 bits per heavy atom. The lowest BCUT2D eigenvalue weighted by atomic mass is 10.0. The Hall–Kier alpha value is -3.81. The Bertz CT molecular complexity index is 1610. The SMILES string of the molecule is COc1nc(N)nc2c1ncn2C1O[C@H](COP(=O)(NC(C)C(=O)O)Oc2cccc3ccccc23)C[C@@]1(C)O. The molecule has 15 heteroatoms. The van der Waals surface area contributed by atoms with Gasteiger partial charge in [0, 0.05) is 11.8 Å². The first kappa shape index (κ1) is 27.7. The summed E-state index contributed by atoms with van der Waals surface area (Å²) >= 11 is 0. The van der Waals surface area contributed by atoms with Crippen LogP contribution >= 0.6 is 7.75 Å². The fraction of sp³-hybridized carbons (Fsp3) is 0.360. The molecule has 0 radical (unpaired) electrons. The lowest BCUT2D eigenvalue weighted by Crippen LogP contribution is -2.34. The number of aliphatic hydroxyl groups is 1. The van der Waals surface area contributed by atoms with E-state index in [4.69, 9.17) is 24.3 Å². The summed E-state index contributed by atoms with van der Waals surface area (Å²) in [6.45, 7) is 2.60. The third-order valence-electron chi connectivity index (χ3n) is 6.47. The van der Waals surface area contributed by atoms with Crippen LogP contribution in [0.1, 0.15) is 26.5 Å². The number of methoxy groups -OCH3 is 1. The van der Waals surface area contributed by atoms with Gasteiger partial charge in [-0.25, -0.2) is 9.55 Å². The van der Waals surface area contributed by atoms with Crippen molar-refractivity contribution in [1.82, 2.24) is 24.6 Å². The highest BCUT2D eigenvalue weighted by Gasteiger charge is 2.47. The molecule has 3 heterocycles. The van der Waals surface area contributed by atoms with E-state index in [0.717, 1.165) is 5.39 Å². The first-order valence-corrected chi connectivity index (χ1v) is 13.9. The van der Waals surface area contributed by atoms with Crippen molar-refractivity contribution in [2.45, 2.75) is 44.2 Å². The lowest BCUT2D eigenvalue weighted by molar-refractivity contribution is -0.138. The second-order valence-electron chi connectivity index (χ2n) is 9.64. The van der Waals surface area contributed by atoms with Crippen LogP contribution in [-0.4, -0.2) is 67.2 Å². The minimum Gasteiger partial charge on any atom is -0.480 e. The number of nitrogens with zero attached hydrogens (tertiary/aromatic N) is 4. The second-order valence-corrected chi connectivity index (χ2v) is 11.3. The van der Waals surface area contributed by atoms with Gasteiger partial charge in [0.2, 0.25) is 11.8 Å². The van der Waals surface area contributed by atoms with E-state index in [9.17, 15) is 19.6 Å². The van der Waals surface area contributed by atoms with E-state index in [1.807, 2.05) is 18.2 Å². The third-order valence-corrected chi connectivity index (χ3v) is 8.10. The van der Waals surface area contributed by atoms with Crippen LogP contribution in [0.2, 0.25) is 0 Å². The van der Waals surface area contributed by atoms with Crippen LogP contribution < -0.4 is 20.1 Å². The number of fused-ring (bicyclic) bond motifs is 2. The van der Waals surface area contributed by atoms with Gasteiger partial charge in [-0.2, -0.15) is 15.1 Å². The molecule has 2 aromatic heterocycles. The predicted octanol–water partition coefficient (Wildman–Crippen LogP) is 2.88. The van der Waals surface area contributed by atoms with Gasteiger partial charge in [0.05, 0.1) is 26.1 Å². The number of carboxylic acids is 1. The number of hydrogen-bond donors (Lipinski definition) is 4. The standard InChI is InChI=1S/C25H29N6O8P/c1-14(22(32)33)30-40(35,39-18-10-6-8-15-7-4-5-9-17(15)18)37-12-16-11-25(2,34)23(38-16)31-13-27-19-20(31)28-24(26)29-21(19)36-3/h4-10,13-14,16,23,34H,11-12H2,1-3H3,(H,30,35)(H,32,33)(H2,26,28,29)/t14?,16-,23?,25+,40?/m0/s1. The summed E-state index contributed by atoms with van der Waals surface area (Å²) in [4.78, 5) is 24.1. The third kappa shape index (κ3) is 5.44. The predicted molar refractivity (Wildman–Crippen MR) is 144 cm³/mol. The van der Waals surface area contributed by atoms with Gasteiger partial charge in [-0.15, -0.1) is 0 Å². The van der Waals surface area contributed by atoms with Crippen molar-refractivity contribution in [2.75, 3.05) is 19.5 Å². The van der Waals surface area contributed by atoms with Gasteiger partial charge in [-0.1, -0.05) is 36.4 Å². The highest BCUT2D eigenvalue weighted by atomic mass is 31.2. The average Bonchev–Trinajstić information content (AvgIpc) is 3.46. The van der Waals surface area contributed by atoms with Gasteiger partial charge in [0.25, 0.3) is 0 Å². The molecule has 40 heavy (non-hydrogen) atoms. The van der Waals surface area contributed by atoms with E-state index in [1.165, 1.54) is 24.9 Å². The van der Waals surface area contributed by atoms with Gasteiger partial charge < -0.3 is 29.9 Å². The van der Waals surface area contributed by atoms with Crippen molar-refractivity contribution in [3.8, 4) is 11.6 Å². The van der Waals surface area contributed by atoms with Crippen molar-refractivity contribution >= 4 is 41.6 Å². The second kappa shape index (κ2) is 10.6. The van der Waals surface area contributed by atoms with Crippen molar-refractivity contribution in [3.63, 3.8) is 0 Å². The maximum atomic E-state index is 13.9. The summed E-state index contributed by atoms with van der Waals surface area (Å²) in [5.74, 6) is -0.869. The van der Waals surface area contributed by atoms with E-state index in [-0.39, 0.29) is 36.3 Å². The molecule has 2 aromatic carbocycles. The molecule has 0 bridgehead atoms. The summed E-state index contributed by atoms with van der Waals surface area (Å²) in [7, 11) is -2.83. The van der Waals surface area contributed by atoms with Crippen LogP contribution in [0, 0.1) is 0 Å². The smallest absolute Gasteiger partial charge is 0.459 e. The summed E-state index contributed by atoms with van der Waals surface area (Å²) in [6, 6.07) is 11.3. The number of carbonyl (C=O) groups is 1. The molecule has 1 saturated heterocycles. The van der Waals surface area contributed by atoms with Gasteiger partial charge in [0.15, 0.2) is 17.4 Å². The molecular formula is C25H29N6O8P. The zero-order valence-electron chi connectivity index (χ0n) is 21.9. The summed E-state index contributed by atoms with van der Waals surface area (Å²) in [5, 5.41) is 24.6. The quantitative estimate of drug-likeness (QED) is 0.203. The highest BCUT2D eigenvalue weighted by Crippen LogP contribution is 2.48. The van der Waals surface area contributed by atoms with Gasteiger partial charge >= 0.3 is 13.7 Å². The molecule has 5 atom stereocenters. The van der Waals surface area contributed by atoms with Crippen LogP contribution in [0.25, 0.3) is 21.9 Å². The minimum absolute atomic E-state index is 0.0474. The molecule has 4 aromatic rings. The number of anilines is 1. The fourth-order valence-electron chi connectivity index (χ4n) is 4.59. The van der Waals surface area contributed by atoms with Crippen molar-refractivity contribution in [1.29, 1.82) is 0 Å². The molecule has 1 aliphatic heterocycles. The number of aromatic nitrogens is 4.